The van der Waals surface area contributed by atoms with E-state index in [1.807, 2.05) is 43.1 Å². The third kappa shape index (κ3) is 4.16. The van der Waals surface area contributed by atoms with Crippen molar-refractivity contribution in [1.82, 2.24) is 15.2 Å². The van der Waals surface area contributed by atoms with Crippen LogP contribution in [0, 0.1) is 0 Å². The number of carbonyl (C=O) groups excluding carboxylic acids is 1. The van der Waals surface area contributed by atoms with E-state index >= 15 is 0 Å². The van der Waals surface area contributed by atoms with E-state index in [0.717, 1.165) is 62.2 Å². The second kappa shape index (κ2) is 8.69. The number of hydrogen-bond acceptors (Lipinski definition) is 6. The number of rotatable bonds is 4. The lowest BCUT2D eigenvalue weighted by molar-refractivity contribution is 0.0664. The lowest BCUT2D eigenvalue weighted by Gasteiger charge is -2.38. The number of nitrogens with two attached hydrogens (primary N) is 1. The van der Waals surface area contributed by atoms with E-state index in [1.54, 1.807) is 0 Å². The van der Waals surface area contributed by atoms with Gasteiger partial charge in [-0.2, -0.15) is 0 Å². The molecule has 2 fully saturated rings. The fourth-order valence-corrected chi connectivity index (χ4v) is 5.64. The van der Waals surface area contributed by atoms with Crippen LogP contribution in [0.3, 0.4) is 0 Å². The molecule has 1 saturated carbocycles. The number of amides is 1. The van der Waals surface area contributed by atoms with E-state index in [4.69, 9.17) is 10.5 Å². The zero-order chi connectivity index (χ0) is 23.0. The van der Waals surface area contributed by atoms with Gasteiger partial charge in [0.15, 0.2) is 0 Å². The van der Waals surface area contributed by atoms with Crippen molar-refractivity contribution in [2.75, 3.05) is 18.8 Å². The number of anilines is 1. The Labute approximate surface area is 195 Å². The van der Waals surface area contributed by atoms with Crippen LogP contribution in [0.5, 0.6) is 0 Å². The van der Waals surface area contributed by atoms with Crippen LogP contribution in [-0.2, 0) is 4.74 Å². The van der Waals surface area contributed by atoms with Crippen molar-refractivity contribution >= 4 is 17.7 Å². The first-order valence-electron chi connectivity index (χ1n) is 12.0. The highest BCUT2D eigenvalue weighted by Gasteiger charge is 2.51. The second-order valence-corrected chi connectivity index (χ2v) is 9.91. The third-order valence-corrected chi connectivity index (χ3v) is 7.27. The summed E-state index contributed by atoms with van der Waals surface area (Å²) >= 11 is 0. The number of nitrogens with one attached hydrogen (secondary N) is 1. The Morgan fingerprint density at radius 1 is 1.12 bits per heavy atom. The molecule has 0 bridgehead atoms. The predicted molar refractivity (Wildman–Crippen MR) is 129 cm³/mol. The minimum atomic E-state index is -0.557. The molecule has 0 radical (unpaired) electrons. The van der Waals surface area contributed by atoms with Gasteiger partial charge in [-0.1, -0.05) is 30.3 Å². The average Bonchev–Trinajstić information content (AvgIpc) is 3.08. The van der Waals surface area contributed by atoms with Crippen LogP contribution in [0.25, 0.3) is 0 Å². The van der Waals surface area contributed by atoms with Crippen molar-refractivity contribution in [2.24, 2.45) is 4.99 Å². The molecule has 1 amide bonds. The SMILES string of the molecule is CC1(C)OC(=O)N(C2CCC(c3cnc(N)c(C4=NCCCN4)c3)CC2)C1c1ccccc1. The summed E-state index contributed by atoms with van der Waals surface area (Å²) in [5.41, 5.74) is 8.86. The number of hydrogen-bond donors (Lipinski definition) is 2. The molecule has 1 aromatic carbocycles. The fraction of sp³-hybridized carbons (Fsp3) is 0.500. The van der Waals surface area contributed by atoms with Crippen molar-refractivity contribution in [2.45, 2.75) is 69.6 Å². The number of benzene rings is 1. The molecule has 3 heterocycles. The monoisotopic (exact) mass is 447 g/mol. The van der Waals surface area contributed by atoms with Crippen molar-refractivity contribution in [1.29, 1.82) is 0 Å². The summed E-state index contributed by atoms with van der Waals surface area (Å²) in [6.45, 7) is 5.76. The molecule has 174 valence electrons. The van der Waals surface area contributed by atoms with E-state index in [-0.39, 0.29) is 18.2 Å². The Kier molecular flexibility index (Phi) is 5.72. The smallest absolute Gasteiger partial charge is 0.411 e. The molecule has 0 spiro atoms. The van der Waals surface area contributed by atoms with Crippen LogP contribution in [0.15, 0.2) is 47.6 Å². The van der Waals surface area contributed by atoms with Crippen LogP contribution < -0.4 is 11.1 Å². The molecule has 1 atom stereocenters. The molecule has 7 heteroatoms. The summed E-state index contributed by atoms with van der Waals surface area (Å²) < 4.78 is 5.83. The van der Waals surface area contributed by atoms with Gasteiger partial charge in [0.25, 0.3) is 0 Å². The molecular formula is C26H33N5O2. The minimum Gasteiger partial charge on any atom is -0.441 e. The van der Waals surface area contributed by atoms with Gasteiger partial charge in [-0.05, 0) is 69.1 Å². The molecule has 1 saturated heterocycles. The normalized spacial score (nSPS) is 27.0. The number of aliphatic imine (C=N–C) groups is 1. The highest BCUT2D eigenvalue weighted by atomic mass is 16.6. The van der Waals surface area contributed by atoms with Gasteiger partial charge in [0.2, 0.25) is 0 Å². The summed E-state index contributed by atoms with van der Waals surface area (Å²) in [5, 5.41) is 3.36. The van der Waals surface area contributed by atoms with E-state index in [2.05, 4.69) is 33.5 Å². The molecule has 7 nitrogen and oxygen atoms in total. The number of ether oxygens (including phenoxy) is 1. The van der Waals surface area contributed by atoms with Gasteiger partial charge in [-0.25, -0.2) is 9.78 Å². The van der Waals surface area contributed by atoms with Gasteiger partial charge >= 0.3 is 6.09 Å². The first-order valence-corrected chi connectivity index (χ1v) is 12.0. The number of nitrogens with zero attached hydrogens (tertiary/aromatic N) is 3. The Balaban J connectivity index is 1.33. The number of carbonyl (C=O) groups is 1. The van der Waals surface area contributed by atoms with E-state index in [9.17, 15) is 4.79 Å². The van der Waals surface area contributed by atoms with Crippen LogP contribution >= 0.6 is 0 Å². The highest BCUT2D eigenvalue weighted by molar-refractivity contribution is 6.02. The van der Waals surface area contributed by atoms with E-state index < -0.39 is 5.60 Å². The molecule has 1 aliphatic carbocycles. The third-order valence-electron chi connectivity index (χ3n) is 7.27. The number of cyclic esters (lactones) is 1. The number of nitrogen functional groups attached to an aromatic ring is 1. The second-order valence-electron chi connectivity index (χ2n) is 9.91. The maximum absolute atomic E-state index is 12.9. The molecule has 3 N–H and O–H groups in total. The van der Waals surface area contributed by atoms with Crippen molar-refractivity contribution < 1.29 is 9.53 Å². The maximum Gasteiger partial charge on any atom is 0.411 e. The average molecular weight is 448 g/mol. The zero-order valence-electron chi connectivity index (χ0n) is 19.5. The van der Waals surface area contributed by atoms with E-state index in [1.165, 1.54) is 5.56 Å². The summed E-state index contributed by atoms with van der Waals surface area (Å²) in [5.74, 6) is 1.78. The summed E-state index contributed by atoms with van der Waals surface area (Å²) in [6, 6.07) is 12.5. The topological polar surface area (TPSA) is 92.8 Å². The van der Waals surface area contributed by atoms with Gasteiger partial charge in [-0.15, -0.1) is 0 Å². The standard InChI is InChI=1S/C26H33N5O2/c1-26(2)22(18-7-4-3-5-8-18)31(25(32)33-26)20-11-9-17(10-12-20)19-15-21(23(27)30-16-19)24-28-13-6-14-29-24/h3-5,7-8,15-17,20,22H,6,9-14H2,1-2H3,(H2,27,30)(H,28,29). The van der Waals surface area contributed by atoms with E-state index in [0.29, 0.717) is 11.7 Å². The maximum atomic E-state index is 12.9. The Hall–Kier alpha value is -3.09. The Morgan fingerprint density at radius 3 is 2.58 bits per heavy atom. The van der Waals surface area contributed by atoms with Crippen molar-refractivity contribution in [3.05, 3.63) is 59.3 Å². The van der Waals surface area contributed by atoms with Gasteiger partial charge in [-0.3, -0.25) is 9.89 Å². The summed E-state index contributed by atoms with van der Waals surface area (Å²) in [7, 11) is 0. The fourth-order valence-electron chi connectivity index (χ4n) is 5.64. The van der Waals surface area contributed by atoms with Gasteiger partial charge in [0, 0.05) is 25.3 Å². The van der Waals surface area contributed by atoms with Crippen molar-refractivity contribution in [3.63, 3.8) is 0 Å². The van der Waals surface area contributed by atoms with Crippen LogP contribution in [0.2, 0.25) is 0 Å². The number of aromatic nitrogens is 1. The quantitative estimate of drug-likeness (QED) is 0.725. The largest absolute Gasteiger partial charge is 0.441 e. The van der Waals surface area contributed by atoms with Crippen LogP contribution in [0.4, 0.5) is 10.6 Å². The zero-order valence-corrected chi connectivity index (χ0v) is 19.5. The van der Waals surface area contributed by atoms with Crippen LogP contribution in [0.1, 0.15) is 74.6 Å². The summed E-state index contributed by atoms with van der Waals surface area (Å²) in [6.07, 6.45) is 6.64. The molecular weight excluding hydrogens is 414 g/mol. The Bertz CT molecular complexity index is 1040. The first-order chi connectivity index (χ1) is 15.9. The molecule has 2 aliphatic heterocycles. The molecule has 33 heavy (non-hydrogen) atoms. The number of amidine groups is 1. The molecule has 1 aromatic heterocycles. The lowest BCUT2D eigenvalue weighted by Crippen LogP contribution is -2.42. The highest BCUT2D eigenvalue weighted by Crippen LogP contribution is 2.46. The summed E-state index contributed by atoms with van der Waals surface area (Å²) in [4.78, 5) is 24.0. The Morgan fingerprint density at radius 2 is 1.88 bits per heavy atom. The van der Waals surface area contributed by atoms with Gasteiger partial charge in [0.1, 0.15) is 17.3 Å². The van der Waals surface area contributed by atoms with Crippen LogP contribution in [-0.4, -0.2) is 46.5 Å². The van der Waals surface area contributed by atoms with Gasteiger partial charge in [0.05, 0.1) is 11.6 Å². The molecule has 2 aromatic rings. The van der Waals surface area contributed by atoms with Crippen molar-refractivity contribution in [3.8, 4) is 0 Å². The minimum absolute atomic E-state index is 0.0760. The molecule has 1 unspecified atom stereocenters. The lowest BCUT2D eigenvalue weighted by atomic mass is 9.80. The number of pyridine rings is 1. The molecule has 5 rings (SSSR count). The molecule has 3 aliphatic rings. The first kappa shape index (κ1) is 21.7. The van der Waals surface area contributed by atoms with Gasteiger partial charge < -0.3 is 15.8 Å². The predicted octanol–water partition coefficient (Wildman–Crippen LogP) is 4.40.